The van der Waals surface area contributed by atoms with Crippen molar-refractivity contribution in [3.05, 3.63) is 71.8 Å². The maximum atomic E-state index is 4.01. The second-order valence-electron chi connectivity index (χ2n) is 5.02. The summed E-state index contributed by atoms with van der Waals surface area (Å²) in [4.78, 5) is 0. The van der Waals surface area contributed by atoms with Gasteiger partial charge in [-0.2, -0.15) is 0 Å². The molecule has 0 aromatic heterocycles. The van der Waals surface area contributed by atoms with E-state index in [1.807, 2.05) is 0 Å². The molecule has 0 aliphatic heterocycles. The second-order valence-corrected chi connectivity index (χ2v) is 24.4. The van der Waals surface area contributed by atoms with Crippen molar-refractivity contribution in [3.63, 3.8) is 0 Å². The Kier molecular flexibility index (Phi) is 4.31. The van der Waals surface area contributed by atoms with Crippen molar-refractivity contribution in [1.82, 2.24) is 0 Å². The third-order valence-corrected chi connectivity index (χ3v) is 8.13. The van der Waals surface area contributed by atoms with Gasteiger partial charge in [0.15, 0.2) is 0 Å². The summed E-state index contributed by atoms with van der Waals surface area (Å²) in [5.74, 6) is 0. The Bertz CT molecular complexity index is 455. The minimum atomic E-state index is -2.03. The fraction of sp³-hybridized carbons (Fsp3) is 0.200. The molecule has 2 rings (SSSR count). The molecule has 3 heteroatoms. The Labute approximate surface area is 125 Å². The van der Waals surface area contributed by atoms with Gasteiger partial charge in [-0.05, 0) is 0 Å². The van der Waals surface area contributed by atoms with E-state index >= 15 is 0 Å². The number of rotatable bonds is 4. The number of halogens is 2. The molecule has 0 nitrogen and oxygen atoms in total. The van der Waals surface area contributed by atoms with E-state index < -0.39 is 4.01 Å². The first-order valence-corrected chi connectivity index (χ1v) is 13.0. The van der Waals surface area contributed by atoms with Gasteiger partial charge in [-0.15, -0.1) is 0 Å². The van der Waals surface area contributed by atoms with Crippen LogP contribution in [0.25, 0.3) is 0 Å². The molecule has 0 saturated carbocycles. The average molecular weight is 388 g/mol. The molecule has 0 amide bonds. The van der Waals surface area contributed by atoms with Crippen LogP contribution in [0.1, 0.15) is 11.1 Å². The molecule has 0 aliphatic rings. The van der Waals surface area contributed by atoms with Gasteiger partial charge >= 0.3 is 126 Å². The first kappa shape index (κ1) is 14.2. The number of hydrogen-bond acceptors (Lipinski definition) is 0. The van der Waals surface area contributed by atoms with Gasteiger partial charge < -0.3 is 0 Å². The molecule has 0 heterocycles. The first-order chi connectivity index (χ1) is 8.42. The third kappa shape index (κ3) is 4.50. The van der Waals surface area contributed by atoms with Crippen molar-refractivity contribution < 1.29 is 0 Å². The van der Waals surface area contributed by atoms with Gasteiger partial charge in [0.05, 0.1) is 0 Å². The van der Waals surface area contributed by atoms with Gasteiger partial charge in [0.2, 0.25) is 0 Å². The van der Waals surface area contributed by atoms with Crippen LogP contribution in [-0.4, -0.2) is 6.66 Å². The van der Waals surface area contributed by atoms with Crippen molar-refractivity contribution in [3.8, 4) is 0 Å². The second kappa shape index (κ2) is 5.45. The zero-order valence-electron chi connectivity index (χ0n) is 10.4. The monoisotopic (exact) mass is 386 g/mol. The van der Waals surface area contributed by atoms with Crippen LogP contribution in [-0.2, 0) is 12.3 Å². The minimum absolute atomic E-state index is 1.06. The Morgan fingerprint density at radius 2 is 1.06 bits per heavy atom. The third-order valence-electron chi connectivity index (χ3n) is 2.83. The van der Waals surface area contributed by atoms with Crippen LogP contribution in [0.5, 0.6) is 0 Å². The molecule has 2 aromatic carbocycles. The molecule has 0 N–H and O–H groups in total. The summed E-state index contributed by atoms with van der Waals surface area (Å²) in [5.41, 5.74) is 2.75. The summed E-state index contributed by atoms with van der Waals surface area (Å²) in [5, 5.41) is 0. The summed E-state index contributed by atoms with van der Waals surface area (Å²) >= 11 is 8.01. The Morgan fingerprint density at radius 1 is 0.722 bits per heavy atom. The van der Waals surface area contributed by atoms with Crippen LogP contribution >= 0.6 is 35.0 Å². The molecule has 0 radical (unpaired) electrons. The molecule has 0 spiro atoms. The quantitative estimate of drug-likeness (QED) is 0.548. The van der Waals surface area contributed by atoms with Crippen molar-refractivity contribution in [1.29, 1.82) is 0 Å². The zero-order valence-corrected chi connectivity index (χ0v) is 14.5. The van der Waals surface area contributed by atoms with Crippen molar-refractivity contribution >= 4 is 35.0 Å². The number of hydrogen-bond donors (Lipinski definition) is 0. The summed E-state index contributed by atoms with van der Waals surface area (Å²) in [6, 6.07) is 21.3. The van der Waals surface area contributed by atoms with E-state index in [9.17, 15) is 0 Å². The van der Waals surface area contributed by atoms with E-state index in [0.717, 1.165) is 12.3 Å². The average Bonchev–Trinajstić information content (AvgIpc) is 2.29. The summed E-state index contributed by atoms with van der Waals surface area (Å²) in [6.45, 7) is 2.33. The van der Waals surface area contributed by atoms with E-state index in [1.165, 1.54) is 11.1 Å². The molecule has 0 fully saturated rings. The fourth-order valence-corrected chi connectivity index (χ4v) is 7.93. The van der Waals surface area contributed by atoms with Crippen LogP contribution in [0.2, 0.25) is 0 Å². The van der Waals surface area contributed by atoms with Crippen molar-refractivity contribution in [2.75, 3.05) is 6.66 Å². The first-order valence-electron chi connectivity index (χ1n) is 5.95. The molecule has 0 atom stereocenters. The van der Waals surface area contributed by atoms with Crippen molar-refractivity contribution in [2.24, 2.45) is 0 Å². The van der Waals surface area contributed by atoms with Crippen LogP contribution in [0, 0.1) is 0 Å². The topological polar surface area (TPSA) is 0 Å². The molecule has 2 aromatic rings. The molecule has 96 valence electrons. The molecule has 0 bridgehead atoms. The van der Waals surface area contributed by atoms with Gasteiger partial charge in [-0.25, -0.2) is 0 Å². The van der Waals surface area contributed by atoms with Crippen LogP contribution in [0.15, 0.2) is 60.7 Å². The van der Waals surface area contributed by atoms with Crippen molar-refractivity contribution in [2.45, 2.75) is 12.3 Å². The van der Waals surface area contributed by atoms with E-state index in [4.69, 9.17) is 0 Å². The molecular weight excluding hydrogens is 371 g/mol. The molecule has 18 heavy (non-hydrogen) atoms. The molecular formula is C15H17Br2P. The Balaban J connectivity index is 2.17. The fourth-order valence-electron chi connectivity index (χ4n) is 2.12. The number of benzene rings is 2. The van der Waals surface area contributed by atoms with Gasteiger partial charge in [0.25, 0.3) is 0 Å². The predicted molar refractivity (Wildman–Crippen MR) is 91.0 cm³/mol. The zero-order chi connectivity index (χ0) is 13.1. The Morgan fingerprint density at radius 3 is 1.39 bits per heavy atom. The molecule has 0 unspecified atom stereocenters. The van der Waals surface area contributed by atoms with Gasteiger partial charge in [-0.1, -0.05) is 0 Å². The maximum absolute atomic E-state index is 4.01. The van der Waals surface area contributed by atoms with Crippen LogP contribution < -0.4 is 0 Å². The Hall–Kier alpha value is -0.170. The van der Waals surface area contributed by atoms with Gasteiger partial charge in [-0.3, -0.25) is 0 Å². The van der Waals surface area contributed by atoms with Gasteiger partial charge in [0, 0.05) is 0 Å². The molecule has 0 saturated heterocycles. The van der Waals surface area contributed by atoms with E-state index in [2.05, 4.69) is 98.3 Å². The van der Waals surface area contributed by atoms with E-state index in [0.29, 0.717) is 0 Å². The van der Waals surface area contributed by atoms with E-state index in [1.54, 1.807) is 0 Å². The summed E-state index contributed by atoms with van der Waals surface area (Å²) < 4.78 is -2.03. The van der Waals surface area contributed by atoms with E-state index in [-0.39, 0.29) is 0 Å². The summed E-state index contributed by atoms with van der Waals surface area (Å²) in [6.07, 6.45) is 2.11. The van der Waals surface area contributed by atoms with Crippen LogP contribution in [0.3, 0.4) is 0 Å². The molecule has 0 aliphatic carbocycles. The standard InChI is InChI=1S/C15H17Br2P/c1-18(16,17,12-14-8-4-2-5-9-14)13-15-10-6-3-7-11-15/h2-11H,12-13H2,1H3. The van der Waals surface area contributed by atoms with Crippen LogP contribution in [0.4, 0.5) is 0 Å². The normalized spacial score (nSPS) is 13.8. The predicted octanol–water partition coefficient (Wildman–Crippen LogP) is 6.19. The van der Waals surface area contributed by atoms with Gasteiger partial charge in [0.1, 0.15) is 0 Å². The summed E-state index contributed by atoms with van der Waals surface area (Å²) in [7, 11) is 0. The SMILES string of the molecule is CP(Br)(Br)(Cc1ccccc1)Cc1ccccc1.